The van der Waals surface area contributed by atoms with Crippen LogP contribution in [-0.2, 0) is 0 Å². The van der Waals surface area contributed by atoms with Crippen LogP contribution in [0.1, 0.15) is 37.5 Å². The van der Waals surface area contributed by atoms with E-state index in [4.69, 9.17) is 0 Å². The van der Waals surface area contributed by atoms with Gasteiger partial charge in [-0.25, -0.2) is 0 Å². The normalized spacial score (nSPS) is 12.1. The van der Waals surface area contributed by atoms with E-state index < -0.39 is 0 Å². The van der Waals surface area contributed by atoms with E-state index in [0.29, 0.717) is 0 Å². The van der Waals surface area contributed by atoms with Gasteiger partial charge < -0.3 is 0 Å². The Bertz CT molecular complexity index is 445. The van der Waals surface area contributed by atoms with Crippen LogP contribution in [0.25, 0.3) is 11.1 Å². The van der Waals surface area contributed by atoms with Crippen LogP contribution in [0.4, 0.5) is 0 Å². The number of aryl methyl sites for hydroxylation is 1. The molecule has 1 rings (SSSR count). The average molecular weight is 212 g/mol. The van der Waals surface area contributed by atoms with Gasteiger partial charge in [-0.2, -0.15) is 0 Å². The number of hydrogen-bond donors (Lipinski definition) is 0. The highest BCUT2D eigenvalue weighted by atomic mass is 14.1. The highest BCUT2D eigenvalue weighted by Gasteiger charge is 2.02. The molecule has 0 saturated heterocycles. The minimum absolute atomic E-state index is 1.11. The van der Waals surface area contributed by atoms with Gasteiger partial charge >= 0.3 is 0 Å². The smallest absolute Gasteiger partial charge is 0.0192 e. The zero-order chi connectivity index (χ0) is 12.1. The third-order valence-corrected chi connectivity index (χ3v) is 2.69. The maximum absolute atomic E-state index is 3.98. The van der Waals surface area contributed by atoms with Crippen molar-refractivity contribution < 1.29 is 0 Å². The second-order valence-corrected chi connectivity index (χ2v) is 4.19. The molecular formula is C16H20. The molecule has 0 aliphatic carbocycles. The summed E-state index contributed by atoms with van der Waals surface area (Å²) in [6, 6.07) is 6.50. The minimum Gasteiger partial charge on any atom is -0.0955 e. The van der Waals surface area contributed by atoms with Gasteiger partial charge in [0.1, 0.15) is 0 Å². The molecule has 0 nitrogen and oxygen atoms in total. The van der Waals surface area contributed by atoms with Crippen molar-refractivity contribution in [2.24, 2.45) is 0 Å². The van der Waals surface area contributed by atoms with Gasteiger partial charge in [-0.1, -0.05) is 42.5 Å². The van der Waals surface area contributed by atoms with Crippen LogP contribution in [0, 0.1) is 6.92 Å². The van der Waals surface area contributed by atoms with Gasteiger partial charge in [-0.15, -0.1) is 0 Å². The molecule has 0 aliphatic rings. The topological polar surface area (TPSA) is 0 Å². The van der Waals surface area contributed by atoms with Crippen LogP contribution in [-0.4, -0.2) is 0 Å². The van der Waals surface area contributed by atoms with E-state index in [0.717, 1.165) is 5.57 Å². The number of hydrogen-bond acceptors (Lipinski definition) is 0. The lowest BCUT2D eigenvalue weighted by Gasteiger charge is -2.09. The first-order valence-corrected chi connectivity index (χ1v) is 5.62. The van der Waals surface area contributed by atoms with E-state index in [1.54, 1.807) is 0 Å². The highest BCUT2D eigenvalue weighted by Crippen LogP contribution is 2.23. The fraction of sp³-hybridized carbons (Fsp3) is 0.250. The third kappa shape index (κ3) is 2.96. The first-order valence-electron chi connectivity index (χ1n) is 5.62. The molecule has 0 saturated carbocycles. The molecule has 0 fully saturated rings. The molecule has 16 heavy (non-hydrogen) atoms. The summed E-state index contributed by atoms with van der Waals surface area (Å²) in [4.78, 5) is 0. The van der Waals surface area contributed by atoms with Gasteiger partial charge in [0.15, 0.2) is 0 Å². The molecule has 0 bridgehead atoms. The quantitative estimate of drug-likeness (QED) is 0.618. The molecule has 84 valence electrons. The summed E-state index contributed by atoms with van der Waals surface area (Å²) in [5, 5.41) is 0. The van der Waals surface area contributed by atoms with Crippen LogP contribution in [0.2, 0.25) is 0 Å². The van der Waals surface area contributed by atoms with Crippen molar-refractivity contribution >= 4 is 11.1 Å². The van der Waals surface area contributed by atoms with Crippen LogP contribution < -0.4 is 0 Å². The summed E-state index contributed by atoms with van der Waals surface area (Å²) in [5.74, 6) is 0. The Labute approximate surface area is 99.0 Å². The summed E-state index contributed by atoms with van der Waals surface area (Å²) in [5.41, 5.74) is 6.23. The van der Waals surface area contributed by atoms with Crippen molar-refractivity contribution in [3.63, 3.8) is 0 Å². The monoisotopic (exact) mass is 212 g/mol. The molecule has 0 N–H and O–H groups in total. The van der Waals surface area contributed by atoms with E-state index in [1.807, 2.05) is 19.9 Å². The Balaban J connectivity index is 3.21. The SMILES string of the molecule is C=C(C)c1ccc(C)c(/C(C)=C/C=C\C)c1. The Kier molecular flexibility index (Phi) is 4.30. The van der Waals surface area contributed by atoms with Crippen molar-refractivity contribution in [1.29, 1.82) is 0 Å². The Hall–Kier alpha value is -1.56. The van der Waals surface area contributed by atoms with E-state index in [2.05, 4.69) is 50.8 Å². The van der Waals surface area contributed by atoms with E-state index in [-0.39, 0.29) is 0 Å². The molecule has 1 aromatic carbocycles. The Morgan fingerprint density at radius 2 is 1.94 bits per heavy atom. The summed E-state index contributed by atoms with van der Waals surface area (Å²) >= 11 is 0. The number of allylic oxidation sites excluding steroid dienone is 5. The Morgan fingerprint density at radius 1 is 1.25 bits per heavy atom. The molecule has 0 aliphatic heterocycles. The molecule has 0 radical (unpaired) electrons. The molecular weight excluding hydrogens is 192 g/mol. The predicted octanol–water partition coefficient (Wildman–Crippen LogP) is 5.01. The van der Waals surface area contributed by atoms with E-state index >= 15 is 0 Å². The van der Waals surface area contributed by atoms with Gasteiger partial charge in [0.05, 0.1) is 0 Å². The molecule has 0 unspecified atom stereocenters. The van der Waals surface area contributed by atoms with Gasteiger partial charge in [-0.05, 0) is 56.0 Å². The van der Waals surface area contributed by atoms with E-state index in [1.165, 1.54) is 22.3 Å². The third-order valence-electron chi connectivity index (χ3n) is 2.69. The lowest BCUT2D eigenvalue weighted by molar-refractivity contribution is 1.39. The first kappa shape index (κ1) is 12.5. The zero-order valence-electron chi connectivity index (χ0n) is 10.7. The lowest BCUT2D eigenvalue weighted by atomic mass is 9.96. The molecule has 0 aromatic heterocycles. The second-order valence-electron chi connectivity index (χ2n) is 4.19. The summed E-state index contributed by atoms with van der Waals surface area (Å²) in [6.07, 6.45) is 6.26. The predicted molar refractivity (Wildman–Crippen MR) is 74.4 cm³/mol. The maximum Gasteiger partial charge on any atom is -0.0192 e. The van der Waals surface area contributed by atoms with Gasteiger partial charge in [0, 0.05) is 0 Å². The van der Waals surface area contributed by atoms with E-state index in [9.17, 15) is 0 Å². The second kappa shape index (κ2) is 5.50. The van der Waals surface area contributed by atoms with Crippen molar-refractivity contribution in [2.75, 3.05) is 0 Å². The zero-order valence-corrected chi connectivity index (χ0v) is 10.7. The largest absolute Gasteiger partial charge is 0.0955 e. The van der Waals surface area contributed by atoms with Crippen LogP contribution in [0.3, 0.4) is 0 Å². The molecule has 0 heterocycles. The van der Waals surface area contributed by atoms with Crippen LogP contribution in [0.15, 0.2) is 43.0 Å². The van der Waals surface area contributed by atoms with Gasteiger partial charge in [0.2, 0.25) is 0 Å². The fourth-order valence-corrected chi connectivity index (χ4v) is 1.64. The fourth-order valence-electron chi connectivity index (χ4n) is 1.64. The minimum atomic E-state index is 1.11. The number of rotatable bonds is 3. The first-order chi connectivity index (χ1) is 7.56. The highest BCUT2D eigenvalue weighted by molar-refractivity contribution is 5.72. The van der Waals surface area contributed by atoms with Crippen molar-refractivity contribution in [3.05, 3.63) is 59.7 Å². The summed E-state index contributed by atoms with van der Waals surface area (Å²) in [6.45, 7) is 12.3. The Morgan fingerprint density at radius 3 is 2.50 bits per heavy atom. The molecule has 0 heteroatoms. The molecule has 0 atom stereocenters. The standard InChI is InChI=1S/C16H20/c1-6-7-8-13(4)16-11-15(12(2)3)10-9-14(16)5/h6-11H,2H2,1,3-5H3/b7-6-,13-8+. The average Bonchev–Trinajstić information content (AvgIpc) is 2.26. The summed E-state index contributed by atoms with van der Waals surface area (Å²) in [7, 11) is 0. The molecule has 0 spiro atoms. The van der Waals surface area contributed by atoms with Crippen LogP contribution in [0.5, 0.6) is 0 Å². The maximum atomic E-state index is 3.98. The molecule has 0 amide bonds. The lowest BCUT2D eigenvalue weighted by Crippen LogP contribution is -1.88. The van der Waals surface area contributed by atoms with Crippen molar-refractivity contribution in [2.45, 2.75) is 27.7 Å². The van der Waals surface area contributed by atoms with Crippen molar-refractivity contribution in [1.82, 2.24) is 0 Å². The van der Waals surface area contributed by atoms with Gasteiger partial charge in [-0.3, -0.25) is 0 Å². The van der Waals surface area contributed by atoms with Gasteiger partial charge in [0.25, 0.3) is 0 Å². The number of benzene rings is 1. The van der Waals surface area contributed by atoms with Crippen LogP contribution >= 0.6 is 0 Å². The molecule has 1 aromatic rings. The summed E-state index contributed by atoms with van der Waals surface area (Å²) < 4.78 is 0. The van der Waals surface area contributed by atoms with Crippen molar-refractivity contribution in [3.8, 4) is 0 Å².